The predicted molar refractivity (Wildman–Crippen MR) is 67.0 cm³/mol. The molecule has 0 saturated carbocycles. The van der Waals surface area contributed by atoms with E-state index in [1.807, 2.05) is 6.92 Å². The van der Waals surface area contributed by atoms with Gasteiger partial charge >= 0.3 is 12.0 Å². The first kappa shape index (κ1) is 17.2. The van der Waals surface area contributed by atoms with Crippen molar-refractivity contribution in [2.45, 2.75) is 32.4 Å². The summed E-state index contributed by atoms with van der Waals surface area (Å²) in [6.45, 7) is 3.34. The van der Waals surface area contributed by atoms with Gasteiger partial charge in [-0.05, 0) is 5.92 Å². The molecule has 0 aromatic carbocycles. The molecule has 0 aromatic rings. The number of nitrogens with one attached hydrogen (secondary N) is 2. The fourth-order valence-electron chi connectivity index (χ4n) is 1.38. The fourth-order valence-corrected chi connectivity index (χ4v) is 1.38. The SMILES string of the molecule is CCC(C)C(NC(N)=O)C(=O)NCC(O)C(=O)OC. The van der Waals surface area contributed by atoms with Gasteiger partial charge in [0.1, 0.15) is 6.04 Å². The molecule has 0 aliphatic carbocycles. The smallest absolute Gasteiger partial charge is 0.336 e. The molecular weight excluding hydrogens is 254 g/mol. The Morgan fingerprint density at radius 3 is 2.37 bits per heavy atom. The molecule has 19 heavy (non-hydrogen) atoms. The van der Waals surface area contributed by atoms with Gasteiger partial charge < -0.3 is 26.2 Å². The van der Waals surface area contributed by atoms with Crippen LogP contribution in [0.1, 0.15) is 20.3 Å². The molecule has 0 aliphatic rings. The van der Waals surface area contributed by atoms with Crippen LogP contribution in [0.3, 0.4) is 0 Å². The van der Waals surface area contributed by atoms with Gasteiger partial charge in [0.2, 0.25) is 5.91 Å². The van der Waals surface area contributed by atoms with E-state index in [9.17, 15) is 19.5 Å². The number of amides is 3. The first-order chi connectivity index (χ1) is 8.83. The molecule has 8 heteroatoms. The van der Waals surface area contributed by atoms with Crippen molar-refractivity contribution in [3.05, 3.63) is 0 Å². The maximum Gasteiger partial charge on any atom is 0.336 e. The second-order valence-electron chi connectivity index (χ2n) is 4.16. The topological polar surface area (TPSA) is 131 Å². The third-order valence-electron chi connectivity index (χ3n) is 2.74. The normalized spacial score (nSPS) is 14.9. The number of hydrogen-bond donors (Lipinski definition) is 4. The van der Waals surface area contributed by atoms with E-state index in [0.29, 0.717) is 6.42 Å². The molecule has 8 nitrogen and oxygen atoms in total. The molecule has 3 atom stereocenters. The Labute approximate surface area is 111 Å². The lowest BCUT2D eigenvalue weighted by Crippen LogP contribution is -2.53. The van der Waals surface area contributed by atoms with Gasteiger partial charge in [0, 0.05) is 0 Å². The monoisotopic (exact) mass is 275 g/mol. The van der Waals surface area contributed by atoms with Gasteiger partial charge in [0.05, 0.1) is 13.7 Å². The van der Waals surface area contributed by atoms with Crippen molar-refractivity contribution in [1.82, 2.24) is 10.6 Å². The maximum absolute atomic E-state index is 11.8. The van der Waals surface area contributed by atoms with Crippen molar-refractivity contribution in [3.63, 3.8) is 0 Å². The van der Waals surface area contributed by atoms with E-state index in [4.69, 9.17) is 5.73 Å². The standard InChI is InChI=1S/C11H21N3O5/c1-4-6(2)8(14-11(12)18)9(16)13-5-7(15)10(17)19-3/h6-8,15H,4-5H2,1-3H3,(H,13,16)(H3,12,14,18). The van der Waals surface area contributed by atoms with Crippen LogP contribution in [0.2, 0.25) is 0 Å². The summed E-state index contributed by atoms with van der Waals surface area (Å²) in [6.07, 6.45) is -0.794. The molecule has 0 aromatic heterocycles. The highest BCUT2D eigenvalue weighted by Gasteiger charge is 2.26. The number of esters is 1. The molecule has 5 N–H and O–H groups in total. The number of methoxy groups -OCH3 is 1. The quantitative estimate of drug-likeness (QED) is 0.430. The highest BCUT2D eigenvalue weighted by molar-refractivity contribution is 5.87. The first-order valence-corrected chi connectivity index (χ1v) is 5.93. The Bertz CT molecular complexity index is 334. The van der Waals surface area contributed by atoms with E-state index in [0.717, 1.165) is 7.11 Å². The molecular formula is C11H21N3O5. The summed E-state index contributed by atoms with van der Waals surface area (Å²) in [7, 11) is 1.13. The Balaban J connectivity index is 4.48. The molecule has 3 unspecified atom stereocenters. The first-order valence-electron chi connectivity index (χ1n) is 5.93. The highest BCUT2D eigenvalue weighted by Crippen LogP contribution is 2.07. The second kappa shape index (κ2) is 8.30. The number of aliphatic hydroxyl groups excluding tert-OH is 1. The van der Waals surface area contributed by atoms with Crippen LogP contribution in [0, 0.1) is 5.92 Å². The van der Waals surface area contributed by atoms with Crippen LogP contribution in [-0.2, 0) is 14.3 Å². The lowest BCUT2D eigenvalue weighted by Gasteiger charge is -2.23. The van der Waals surface area contributed by atoms with Crippen molar-refractivity contribution < 1.29 is 24.2 Å². The summed E-state index contributed by atoms with van der Waals surface area (Å²) >= 11 is 0. The predicted octanol–water partition coefficient (Wildman–Crippen LogP) is -1.28. The Hall–Kier alpha value is -1.83. The minimum Gasteiger partial charge on any atom is -0.467 e. The molecule has 110 valence electrons. The van der Waals surface area contributed by atoms with Gasteiger partial charge in [-0.25, -0.2) is 9.59 Å². The van der Waals surface area contributed by atoms with Gasteiger partial charge in [0.25, 0.3) is 0 Å². The number of rotatable bonds is 7. The van der Waals surface area contributed by atoms with Crippen molar-refractivity contribution in [1.29, 1.82) is 0 Å². The van der Waals surface area contributed by atoms with E-state index >= 15 is 0 Å². The zero-order valence-electron chi connectivity index (χ0n) is 11.3. The van der Waals surface area contributed by atoms with Crippen molar-refractivity contribution >= 4 is 17.9 Å². The molecule has 0 heterocycles. The van der Waals surface area contributed by atoms with E-state index in [1.54, 1.807) is 6.92 Å². The van der Waals surface area contributed by atoms with Gasteiger partial charge in [-0.2, -0.15) is 0 Å². The molecule has 0 spiro atoms. The number of urea groups is 1. The summed E-state index contributed by atoms with van der Waals surface area (Å²) in [5.41, 5.74) is 5.00. The van der Waals surface area contributed by atoms with E-state index in [1.165, 1.54) is 0 Å². The Morgan fingerprint density at radius 1 is 1.37 bits per heavy atom. The van der Waals surface area contributed by atoms with E-state index in [2.05, 4.69) is 15.4 Å². The van der Waals surface area contributed by atoms with Crippen LogP contribution in [0.5, 0.6) is 0 Å². The molecule has 3 amide bonds. The van der Waals surface area contributed by atoms with Gasteiger partial charge in [-0.3, -0.25) is 4.79 Å². The number of ether oxygens (including phenoxy) is 1. The van der Waals surface area contributed by atoms with Gasteiger partial charge in [-0.15, -0.1) is 0 Å². The molecule has 0 bridgehead atoms. The largest absolute Gasteiger partial charge is 0.467 e. The van der Waals surface area contributed by atoms with Gasteiger partial charge in [0.15, 0.2) is 6.10 Å². The van der Waals surface area contributed by atoms with E-state index < -0.39 is 30.1 Å². The van der Waals surface area contributed by atoms with Crippen LogP contribution in [-0.4, -0.2) is 48.8 Å². The molecule has 0 radical (unpaired) electrons. The highest BCUT2D eigenvalue weighted by atomic mass is 16.5. The van der Waals surface area contributed by atoms with Crippen LogP contribution < -0.4 is 16.4 Å². The number of carbonyl (C=O) groups is 3. The summed E-state index contributed by atoms with van der Waals surface area (Å²) in [4.78, 5) is 33.6. The van der Waals surface area contributed by atoms with Crippen molar-refractivity contribution in [2.24, 2.45) is 11.7 Å². The van der Waals surface area contributed by atoms with Crippen LogP contribution in [0.4, 0.5) is 4.79 Å². The van der Waals surface area contributed by atoms with Crippen molar-refractivity contribution in [2.75, 3.05) is 13.7 Å². The number of carbonyl (C=O) groups excluding carboxylic acids is 3. The van der Waals surface area contributed by atoms with Crippen LogP contribution >= 0.6 is 0 Å². The fraction of sp³-hybridized carbons (Fsp3) is 0.727. The zero-order valence-corrected chi connectivity index (χ0v) is 11.3. The number of aliphatic hydroxyl groups is 1. The molecule has 0 aliphatic heterocycles. The Morgan fingerprint density at radius 2 is 1.95 bits per heavy atom. The maximum atomic E-state index is 11.8. The second-order valence-corrected chi connectivity index (χ2v) is 4.16. The van der Waals surface area contributed by atoms with Crippen LogP contribution in [0.15, 0.2) is 0 Å². The average molecular weight is 275 g/mol. The zero-order chi connectivity index (χ0) is 15.0. The number of hydrogen-bond acceptors (Lipinski definition) is 5. The Kier molecular flexibility index (Phi) is 7.50. The van der Waals surface area contributed by atoms with E-state index in [-0.39, 0.29) is 12.5 Å². The summed E-state index contributed by atoms with van der Waals surface area (Å²) < 4.78 is 4.31. The summed E-state index contributed by atoms with van der Waals surface area (Å²) in [6, 6.07) is -1.62. The molecule has 0 rings (SSSR count). The lowest BCUT2D eigenvalue weighted by molar-refractivity contribution is -0.150. The van der Waals surface area contributed by atoms with Crippen LogP contribution in [0.25, 0.3) is 0 Å². The lowest BCUT2D eigenvalue weighted by atomic mass is 9.98. The van der Waals surface area contributed by atoms with Gasteiger partial charge in [-0.1, -0.05) is 20.3 Å². The summed E-state index contributed by atoms with van der Waals surface area (Å²) in [5, 5.41) is 14.0. The number of primary amides is 1. The van der Waals surface area contributed by atoms with Crippen molar-refractivity contribution in [3.8, 4) is 0 Å². The molecule has 0 saturated heterocycles. The minimum absolute atomic E-state index is 0.136. The minimum atomic E-state index is -1.44. The summed E-state index contributed by atoms with van der Waals surface area (Å²) in [5.74, 6) is -1.50. The molecule has 0 fully saturated rings. The third kappa shape index (κ3) is 6.05. The average Bonchev–Trinajstić information content (AvgIpc) is 2.39. The number of nitrogens with two attached hydrogens (primary N) is 1. The third-order valence-corrected chi connectivity index (χ3v) is 2.74.